The second-order valence-electron chi connectivity index (χ2n) is 7.56. The monoisotopic (exact) mass is 349 g/mol. The first-order valence-electron chi connectivity index (χ1n) is 9.25. The van der Waals surface area contributed by atoms with Gasteiger partial charge in [-0.2, -0.15) is 0 Å². The second-order valence-corrected chi connectivity index (χ2v) is 7.56. The fraction of sp³-hybridized carbons (Fsp3) is 0.364. The molecule has 1 aliphatic carbocycles. The van der Waals surface area contributed by atoms with Crippen LogP contribution in [0.1, 0.15) is 31.7 Å². The van der Waals surface area contributed by atoms with Crippen LogP contribution >= 0.6 is 0 Å². The molecule has 2 fully saturated rings. The van der Waals surface area contributed by atoms with Crippen molar-refractivity contribution in [2.45, 2.75) is 33.1 Å². The maximum Gasteiger partial charge on any atom is 0.237 e. The Hall–Kier alpha value is -2.62. The fourth-order valence-corrected chi connectivity index (χ4v) is 4.12. The summed E-state index contributed by atoms with van der Waals surface area (Å²) in [6, 6.07) is 15.0. The molecule has 3 atom stereocenters. The largest absolute Gasteiger partial charge is 0.457 e. The van der Waals surface area contributed by atoms with Crippen molar-refractivity contribution in [2.24, 2.45) is 17.8 Å². The minimum Gasteiger partial charge on any atom is -0.457 e. The van der Waals surface area contributed by atoms with Crippen LogP contribution in [0.2, 0.25) is 0 Å². The molecule has 0 spiro atoms. The van der Waals surface area contributed by atoms with Gasteiger partial charge in [0, 0.05) is 0 Å². The van der Waals surface area contributed by atoms with Gasteiger partial charge in [-0.15, -0.1) is 0 Å². The summed E-state index contributed by atoms with van der Waals surface area (Å²) in [4.78, 5) is 26.9. The third-order valence-electron chi connectivity index (χ3n) is 5.51. The third-order valence-corrected chi connectivity index (χ3v) is 5.51. The molecule has 2 aromatic carbocycles. The molecule has 134 valence electrons. The molecule has 0 radical (unpaired) electrons. The molecule has 2 aliphatic rings. The Morgan fingerprint density at radius 1 is 0.923 bits per heavy atom. The van der Waals surface area contributed by atoms with E-state index in [1.165, 1.54) is 4.90 Å². The summed E-state index contributed by atoms with van der Waals surface area (Å²) in [7, 11) is 0. The van der Waals surface area contributed by atoms with Gasteiger partial charge in [-0.3, -0.25) is 14.5 Å². The molecular weight excluding hydrogens is 326 g/mol. The van der Waals surface area contributed by atoms with Crippen LogP contribution in [0, 0.1) is 24.7 Å². The molecule has 2 amide bonds. The molecule has 1 aliphatic heterocycles. The standard InChI is InChI=1S/C22H23NO3/c1-14-4-3-5-18(12-14)26-17-9-7-16(8-10-17)23-21(24)19-11-6-15(2)13-20(19)22(23)25/h3-5,7-10,12,15,19-20H,6,11,13H2,1-2H3/t15-,19+,20+/m1/s1. The van der Waals surface area contributed by atoms with Crippen LogP contribution in [0.25, 0.3) is 0 Å². The lowest BCUT2D eigenvalue weighted by molar-refractivity contribution is -0.122. The van der Waals surface area contributed by atoms with E-state index in [0.717, 1.165) is 30.6 Å². The van der Waals surface area contributed by atoms with Gasteiger partial charge in [0.05, 0.1) is 17.5 Å². The molecular formula is C22H23NO3. The van der Waals surface area contributed by atoms with Gasteiger partial charge in [0.25, 0.3) is 0 Å². The van der Waals surface area contributed by atoms with Gasteiger partial charge in [-0.05, 0) is 74.1 Å². The zero-order valence-electron chi connectivity index (χ0n) is 15.1. The molecule has 0 bridgehead atoms. The highest BCUT2D eigenvalue weighted by Crippen LogP contribution is 2.42. The number of benzene rings is 2. The number of imide groups is 1. The quantitative estimate of drug-likeness (QED) is 0.754. The number of carbonyl (C=O) groups excluding carboxylic acids is 2. The average Bonchev–Trinajstić information content (AvgIpc) is 2.86. The first-order chi connectivity index (χ1) is 12.5. The van der Waals surface area contributed by atoms with E-state index < -0.39 is 0 Å². The topological polar surface area (TPSA) is 46.6 Å². The van der Waals surface area contributed by atoms with Crippen LogP contribution < -0.4 is 9.64 Å². The number of aryl methyl sites for hydroxylation is 1. The van der Waals surface area contributed by atoms with E-state index in [9.17, 15) is 9.59 Å². The van der Waals surface area contributed by atoms with Crippen LogP contribution in [0.15, 0.2) is 48.5 Å². The number of rotatable bonds is 3. The molecule has 0 N–H and O–H groups in total. The third kappa shape index (κ3) is 3.00. The van der Waals surface area contributed by atoms with Crippen LogP contribution in [-0.2, 0) is 9.59 Å². The van der Waals surface area contributed by atoms with Crippen LogP contribution in [0.3, 0.4) is 0 Å². The van der Waals surface area contributed by atoms with Gasteiger partial charge < -0.3 is 4.74 Å². The summed E-state index contributed by atoms with van der Waals surface area (Å²) < 4.78 is 5.85. The summed E-state index contributed by atoms with van der Waals surface area (Å²) in [6.07, 6.45) is 2.67. The number of hydrogen-bond donors (Lipinski definition) is 0. The Kier molecular flexibility index (Phi) is 4.27. The van der Waals surface area contributed by atoms with Crippen molar-refractivity contribution in [3.8, 4) is 11.5 Å². The molecule has 0 unspecified atom stereocenters. The summed E-state index contributed by atoms with van der Waals surface area (Å²) in [5.41, 5.74) is 1.77. The van der Waals surface area contributed by atoms with Crippen molar-refractivity contribution in [1.82, 2.24) is 0 Å². The van der Waals surface area contributed by atoms with E-state index in [-0.39, 0.29) is 23.7 Å². The number of nitrogens with zero attached hydrogens (tertiary/aromatic N) is 1. The maximum atomic E-state index is 12.8. The predicted octanol–water partition coefficient (Wildman–Crippen LogP) is 4.71. The Morgan fingerprint density at radius 2 is 1.65 bits per heavy atom. The van der Waals surface area contributed by atoms with E-state index in [0.29, 0.717) is 17.4 Å². The van der Waals surface area contributed by atoms with Gasteiger partial charge in [-0.25, -0.2) is 0 Å². The first-order valence-corrected chi connectivity index (χ1v) is 9.25. The Labute approximate surface area is 153 Å². The summed E-state index contributed by atoms with van der Waals surface area (Å²) in [5, 5.41) is 0. The van der Waals surface area contributed by atoms with Crippen molar-refractivity contribution < 1.29 is 14.3 Å². The number of anilines is 1. The predicted molar refractivity (Wildman–Crippen MR) is 100 cm³/mol. The van der Waals surface area contributed by atoms with E-state index in [4.69, 9.17) is 4.74 Å². The van der Waals surface area contributed by atoms with E-state index in [1.54, 1.807) is 12.1 Å². The molecule has 4 nitrogen and oxygen atoms in total. The Balaban J connectivity index is 1.53. The summed E-state index contributed by atoms with van der Waals surface area (Å²) in [5.74, 6) is 1.60. The van der Waals surface area contributed by atoms with Crippen LogP contribution in [-0.4, -0.2) is 11.8 Å². The average molecular weight is 349 g/mol. The number of carbonyl (C=O) groups is 2. The highest BCUT2D eigenvalue weighted by atomic mass is 16.5. The molecule has 4 rings (SSSR count). The molecule has 2 aromatic rings. The highest BCUT2D eigenvalue weighted by Gasteiger charge is 2.49. The number of hydrogen-bond acceptors (Lipinski definition) is 3. The van der Waals surface area contributed by atoms with E-state index in [2.05, 4.69) is 6.92 Å². The summed E-state index contributed by atoms with van der Waals surface area (Å²) >= 11 is 0. The van der Waals surface area contributed by atoms with Crippen LogP contribution in [0.5, 0.6) is 11.5 Å². The number of fused-ring (bicyclic) bond motifs is 1. The van der Waals surface area contributed by atoms with Gasteiger partial charge in [0.2, 0.25) is 11.8 Å². The minimum atomic E-state index is -0.144. The van der Waals surface area contributed by atoms with Crippen molar-refractivity contribution >= 4 is 17.5 Å². The SMILES string of the molecule is Cc1cccc(Oc2ccc(N3C(=O)[C@H]4CC[C@@H](C)C[C@@H]4C3=O)cc2)c1. The highest BCUT2D eigenvalue weighted by molar-refractivity contribution is 6.22. The zero-order valence-corrected chi connectivity index (χ0v) is 15.1. The molecule has 1 saturated heterocycles. The van der Waals surface area contributed by atoms with Gasteiger partial charge >= 0.3 is 0 Å². The minimum absolute atomic E-state index is 0.0424. The fourth-order valence-electron chi connectivity index (χ4n) is 4.12. The smallest absolute Gasteiger partial charge is 0.237 e. The van der Waals surface area contributed by atoms with Crippen molar-refractivity contribution in [3.05, 3.63) is 54.1 Å². The normalized spacial score (nSPS) is 25.3. The summed E-state index contributed by atoms with van der Waals surface area (Å²) in [6.45, 7) is 4.18. The lowest BCUT2D eigenvalue weighted by Gasteiger charge is -2.25. The number of amides is 2. The molecule has 1 heterocycles. The Morgan fingerprint density at radius 3 is 2.38 bits per heavy atom. The van der Waals surface area contributed by atoms with E-state index in [1.807, 2.05) is 43.3 Å². The zero-order chi connectivity index (χ0) is 18.3. The molecule has 4 heteroatoms. The molecule has 1 saturated carbocycles. The molecule has 0 aromatic heterocycles. The lowest BCUT2D eigenvalue weighted by Crippen LogP contribution is -2.30. The van der Waals surface area contributed by atoms with Gasteiger partial charge in [-0.1, -0.05) is 19.1 Å². The van der Waals surface area contributed by atoms with Gasteiger partial charge in [0.1, 0.15) is 11.5 Å². The van der Waals surface area contributed by atoms with E-state index >= 15 is 0 Å². The second kappa shape index (κ2) is 6.60. The van der Waals surface area contributed by atoms with Crippen LogP contribution in [0.4, 0.5) is 5.69 Å². The molecule has 26 heavy (non-hydrogen) atoms. The van der Waals surface area contributed by atoms with Crippen molar-refractivity contribution in [1.29, 1.82) is 0 Å². The Bertz CT molecular complexity index is 843. The van der Waals surface area contributed by atoms with Crippen molar-refractivity contribution in [2.75, 3.05) is 4.90 Å². The maximum absolute atomic E-state index is 12.8. The van der Waals surface area contributed by atoms with Gasteiger partial charge in [0.15, 0.2) is 0 Å². The van der Waals surface area contributed by atoms with Crippen molar-refractivity contribution in [3.63, 3.8) is 0 Å². The number of ether oxygens (including phenoxy) is 1. The lowest BCUT2D eigenvalue weighted by atomic mass is 9.76. The first kappa shape index (κ1) is 16.8.